The third kappa shape index (κ3) is 5.84. The lowest BCUT2D eigenvalue weighted by molar-refractivity contribution is -0.152. The first kappa shape index (κ1) is 33.8. The largest absolute Gasteiger partial charge is 0.476 e. The number of thiazole rings is 1. The van der Waals surface area contributed by atoms with E-state index in [9.17, 15) is 19.6 Å². The summed E-state index contributed by atoms with van der Waals surface area (Å²) in [6.07, 6.45) is 9.90. The number of amides is 1. The Labute approximate surface area is 304 Å². The molecule has 52 heavy (non-hydrogen) atoms. The van der Waals surface area contributed by atoms with E-state index in [1.807, 2.05) is 49.4 Å². The second kappa shape index (κ2) is 12.1. The molecule has 0 saturated heterocycles. The maximum absolute atomic E-state index is 13.5. The van der Waals surface area contributed by atoms with E-state index in [0.717, 1.165) is 54.1 Å². The van der Waals surface area contributed by atoms with Gasteiger partial charge in [-0.15, -0.1) is 0 Å². The Balaban J connectivity index is 1.08. The van der Waals surface area contributed by atoms with Crippen molar-refractivity contribution in [2.24, 2.45) is 21.4 Å². The lowest BCUT2D eigenvalue weighted by atomic mass is 9.38. The number of carboxylic acids is 1. The minimum Gasteiger partial charge on any atom is -0.476 e. The van der Waals surface area contributed by atoms with Gasteiger partial charge in [0, 0.05) is 52.9 Å². The van der Waals surface area contributed by atoms with Crippen molar-refractivity contribution in [2.75, 3.05) is 11.9 Å². The van der Waals surface area contributed by atoms with Gasteiger partial charge in [0.1, 0.15) is 5.54 Å². The highest BCUT2D eigenvalue weighted by Gasteiger charge is 2.66. The van der Waals surface area contributed by atoms with Gasteiger partial charge in [0.2, 0.25) is 0 Å². The molecule has 3 heterocycles. The van der Waals surface area contributed by atoms with Gasteiger partial charge in [-0.3, -0.25) is 15.1 Å². The van der Waals surface area contributed by atoms with Crippen LogP contribution in [0.4, 0.5) is 5.13 Å². The summed E-state index contributed by atoms with van der Waals surface area (Å²) in [5.74, 6) is -1.58. The van der Waals surface area contributed by atoms with E-state index in [2.05, 4.69) is 44.6 Å². The van der Waals surface area contributed by atoms with E-state index < -0.39 is 11.5 Å². The molecule has 4 aliphatic rings. The molecule has 3 aromatic heterocycles. The number of nitroso groups, excluding NO2 is 1. The molecule has 0 aliphatic heterocycles. The molecule has 2 aromatic carbocycles. The second-order valence-corrected chi connectivity index (χ2v) is 17.0. The predicted molar refractivity (Wildman–Crippen MR) is 204 cm³/mol. The molecule has 4 N–H and O–H groups in total. The van der Waals surface area contributed by atoms with E-state index in [1.165, 1.54) is 23.7 Å². The summed E-state index contributed by atoms with van der Waals surface area (Å²) in [5, 5.41) is 30.7. The van der Waals surface area contributed by atoms with Gasteiger partial charge in [0.15, 0.2) is 10.8 Å². The highest BCUT2D eigenvalue weighted by molar-refractivity contribution is 7.22. The van der Waals surface area contributed by atoms with Crippen molar-refractivity contribution < 1.29 is 14.7 Å². The molecule has 4 fully saturated rings. The topological polar surface area (TPSA) is 170 Å². The van der Waals surface area contributed by atoms with Crippen molar-refractivity contribution in [3.63, 3.8) is 0 Å². The van der Waals surface area contributed by atoms with E-state index in [4.69, 9.17) is 5.41 Å². The maximum Gasteiger partial charge on any atom is 0.355 e. The predicted octanol–water partition coefficient (Wildman–Crippen LogP) is 8.71. The fourth-order valence-electron chi connectivity index (χ4n) is 10.6. The monoisotopic (exact) mass is 713 g/mol. The van der Waals surface area contributed by atoms with Crippen LogP contribution in [-0.2, 0) is 0 Å². The van der Waals surface area contributed by atoms with Gasteiger partial charge in [-0.25, -0.2) is 14.8 Å². The molecular formula is C40H39N7O4S. The molecule has 264 valence electrons. The Morgan fingerprint density at radius 2 is 1.73 bits per heavy atom. The van der Waals surface area contributed by atoms with Crippen molar-refractivity contribution in [3.8, 4) is 11.3 Å². The number of aromatic nitrogens is 3. The second-order valence-electron chi connectivity index (χ2n) is 16.0. The number of carbonyl (C=O) groups excluding carboxylic acids is 1. The van der Waals surface area contributed by atoms with Crippen LogP contribution in [0.15, 0.2) is 77.9 Å². The van der Waals surface area contributed by atoms with Gasteiger partial charge in [0.25, 0.3) is 5.91 Å². The molecule has 2 atom stereocenters. The number of hydrogen-bond acceptors (Lipinski definition) is 10. The smallest absolute Gasteiger partial charge is 0.355 e. The van der Waals surface area contributed by atoms with Crippen LogP contribution in [0.1, 0.15) is 85.7 Å². The van der Waals surface area contributed by atoms with Crippen molar-refractivity contribution in [1.29, 1.82) is 5.41 Å². The minimum absolute atomic E-state index is 0.0670. The number of hydrogen-bond donors (Lipinski definition) is 4. The van der Waals surface area contributed by atoms with E-state index >= 15 is 0 Å². The maximum atomic E-state index is 13.5. The molecule has 11 nitrogen and oxygen atoms in total. The summed E-state index contributed by atoms with van der Waals surface area (Å²) < 4.78 is 0.961. The third-order valence-corrected chi connectivity index (χ3v) is 12.3. The van der Waals surface area contributed by atoms with Gasteiger partial charge in [0.05, 0.1) is 21.5 Å². The summed E-state index contributed by atoms with van der Waals surface area (Å²) in [6, 6.07) is 16.5. The number of para-hydroxylation sites is 1. The number of benzene rings is 2. The lowest BCUT2D eigenvalue weighted by Gasteiger charge is -2.67. The first-order chi connectivity index (χ1) is 24.8. The van der Waals surface area contributed by atoms with Crippen LogP contribution in [-0.4, -0.2) is 50.2 Å². The Bertz CT molecular complexity index is 2320. The molecule has 2 unspecified atom stereocenters. The van der Waals surface area contributed by atoms with E-state index in [0.29, 0.717) is 50.7 Å². The standard InChI is InChI=1S/C40H39N7O4S/c1-23(43-22-39-17-37(2)16-38(3,18-39)20-40(19-37,21-39)47-51)28(13-41)26-10-11-30(44-33(26)35(49)50)24-8-9-25-14-42-15-29(27(25)12-24)34(48)46-36-45-31-6-4-5-7-32(31)52-36/h4-15,41,43H,16-22H2,1-3H3,(H,49,50)(H,45,46,48)/b28-23+,41-13?. The summed E-state index contributed by atoms with van der Waals surface area (Å²) in [5.41, 5.74) is 2.93. The van der Waals surface area contributed by atoms with Crippen LogP contribution in [0.25, 0.3) is 37.8 Å². The summed E-state index contributed by atoms with van der Waals surface area (Å²) >= 11 is 1.38. The molecule has 4 aliphatic carbocycles. The molecular weight excluding hydrogens is 675 g/mol. The van der Waals surface area contributed by atoms with E-state index in [-0.39, 0.29) is 27.8 Å². The highest BCUT2D eigenvalue weighted by atomic mass is 32.1. The molecule has 5 aromatic rings. The molecule has 0 spiro atoms. The van der Waals surface area contributed by atoms with Crippen LogP contribution in [0.3, 0.4) is 0 Å². The number of fused-ring (bicyclic) bond motifs is 2. The Hall–Kier alpha value is -5.36. The fraction of sp³-hybridized carbons (Fsp3) is 0.350. The molecule has 4 bridgehead atoms. The highest BCUT2D eigenvalue weighted by Crippen LogP contribution is 2.71. The zero-order chi connectivity index (χ0) is 36.5. The number of aromatic carboxylic acids is 1. The SMILES string of the molecule is C/C(NCC12CC3(C)CC(C)(C1)CC(N=O)(C3)C2)=C(/C=N)c1ccc(-c2ccc3cncc(C(=O)Nc4nc5ccccc5s4)c3c2)nc1C(=O)O. The number of carboxylic acid groups (broad SMARTS) is 1. The number of carbonyl (C=O) groups is 2. The van der Waals surface area contributed by atoms with Crippen molar-refractivity contribution >= 4 is 61.1 Å². The summed E-state index contributed by atoms with van der Waals surface area (Å²) in [4.78, 5) is 51.7. The van der Waals surface area contributed by atoms with Crippen LogP contribution in [0, 0.1) is 26.6 Å². The third-order valence-electron chi connectivity index (χ3n) is 11.3. The average molecular weight is 714 g/mol. The quantitative estimate of drug-likeness (QED) is 0.0822. The van der Waals surface area contributed by atoms with E-state index in [1.54, 1.807) is 18.3 Å². The van der Waals surface area contributed by atoms with Gasteiger partial charge < -0.3 is 15.8 Å². The van der Waals surface area contributed by atoms with Gasteiger partial charge in [-0.1, -0.05) is 54.6 Å². The zero-order valence-electron chi connectivity index (χ0n) is 29.2. The Morgan fingerprint density at radius 3 is 2.44 bits per heavy atom. The van der Waals surface area contributed by atoms with Crippen LogP contribution in [0.2, 0.25) is 0 Å². The summed E-state index contributed by atoms with van der Waals surface area (Å²) in [7, 11) is 0. The average Bonchev–Trinajstić information content (AvgIpc) is 3.51. The van der Waals surface area contributed by atoms with Crippen LogP contribution in [0.5, 0.6) is 0 Å². The van der Waals surface area contributed by atoms with Crippen molar-refractivity contribution in [2.45, 2.75) is 64.8 Å². The number of pyridine rings is 2. The van der Waals surface area contributed by atoms with Crippen LogP contribution < -0.4 is 10.6 Å². The van der Waals surface area contributed by atoms with Gasteiger partial charge >= 0.3 is 5.97 Å². The molecule has 9 rings (SSSR count). The Kier molecular flexibility index (Phi) is 7.87. The fourth-order valence-corrected chi connectivity index (χ4v) is 11.4. The Morgan fingerprint density at radius 1 is 0.962 bits per heavy atom. The minimum atomic E-state index is -1.22. The molecule has 0 radical (unpaired) electrons. The number of nitrogens with zero attached hydrogens (tertiary/aromatic N) is 4. The lowest BCUT2D eigenvalue weighted by Crippen LogP contribution is -2.63. The number of anilines is 1. The van der Waals surface area contributed by atoms with Crippen LogP contribution >= 0.6 is 11.3 Å². The first-order valence-corrected chi connectivity index (χ1v) is 18.3. The van der Waals surface area contributed by atoms with Gasteiger partial charge in [-0.05, 0) is 97.4 Å². The number of rotatable bonds is 10. The molecule has 12 heteroatoms. The number of allylic oxidation sites excluding steroid dienone is 2. The number of nitrogens with one attached hydrogen (secondary N) is 3. The van der Waals surface area contributed by atoms with Crippen molar-refractivity contribution in [1.82, 2.24) is 20.3 Å². The molecule has 1 amide bonds. The summed E-state index contributed by atoms with van der Waals surface area (Å²) in [6.45, 7) is 7.06. The van der Waals surface area contributed by atoms with Crippen molar-refractivity contribution in [3.05, 3.63) is 94.4 Å². The normalized spacial score (nSPS) is 26.6. The molecule has 4 saturated carbocycles. The zero-order valence-corrected chi connectivity index (χ0v) is 30.1. The first-order valence-electron chi connectivity index (χ1n) is 17.4. The van der Waals surface area contributed by atoms with Gasteiger partial charge in [-0.2, -0.15) is 4.91 Å².